The van der Waals surface area contributed by atoms with E-state index in [0.29, 0.717) is 11.4 Å². The van der Waals surface area contributed by atoms with Gasteiger partial charge in [-0.3, -0.25) is 0 Å². The Balaban J connectivity index is 2.48. The molecular formula is C19H21FN2O2. The van der Waals surface area contributed by atoms with Gasteiger partial charge in [0.25, 0.3) is 0 Å². The predicted molar refractivity (Wildman–Crippen MR) is 95.5 cm³/mol. The Bertz CT molecular complexity index is 831. The monoisotopic (exact) mass is 328 g/mol. The number of nitrogens with two attached hydrogens (primary N) is 1. The summed E-state index contributed by atoms with van der Waals surface area (Å²) in [6, 6.07) is 7.00. The van der Waals surface area contributed by atoms with Gasteiger partial charge in [0.2, 0.25) is 0 Å². The molecule has 0 amide bonds. The van der Waals surface area contributed by atoms with Crippen molar-refractivity contribution in [1.29, 1.82) is 0 Å². The van der Waals surface area contributed by atoms with Crippen LogP contribution >= 0.6 is 0 Å². The number of carbonyl (C=O) groups excluding carboxylic acids is 1. The molecular weight excluding hydrogens is 307 g/mol. The van der Waals surface area contributed by atoms with Crippen molar-refractivity contribution in [2.24, 2.45) is 0 Å². The molecule has 1 aromatic heterocycles. The summed E-state index contributed by atoms with van der Waals surface area (Å²) in [7, 11) is 0. The van der Waals surface area contributed by atoms with Crippen molar-refractivity contribution in [3.05, 3.63) is 66.2 Å². The Morgan fingerprint density at radius 1 is 1.42 bits per heavy atom. The van der Waals surface area contributed by atoms with Crippen LogP contribution in [0.5, 0.6) is 0 Å². The van der Waals surface area contributed by atoms with E-state index in [2.05, 4.69) is 6.58 Å². The van der Waals surface area contributed by atoms with Crippen molar-refractivity contribution in [2.75, 3.05) is 12.3 Å². The molecule has 0 bridgehead atoms. The van der Waals surface area contributed by atoms with Crippen LogP contribution < -0.4 is 5.73 Å². The van der Waals surface area contributed by atoms with Crippen LogP contribution in [0.4, 0.5) is 10.1 Å². The number of halogens is 1. The quantitative estimate of drug-likeness (QED) is 0.486. The largest absolute Gasteiger partial charge is 0.461 e. The van der Waals surface area contributed by atoms with E-state index < -0.39 is 11.8 Å². The summed E-state index contributed by atoms with van der Waals surface area (Å²) in [6.07, 6.45) is 4.67. The summed E-state index contributed by atoms with van der Waals surface area (Å²) in [4.78, 5) is 12.2. The molecule has 2 N–H and O–H groups in total. The molecule has 0 spiro atoms. The van der Waals surface area contributed by atoms with Gasteiger partial charge in [-0.2, -0.15) is 0 Å². The average Bonchev–Trinajstić information content (AvgIpc) is 2.90. The number of rotatable bonds is 6. The molecule has 1 aromatic carbocycles. The van der Waals surface area contributed by atoms with Gasteiger partial charge in [-0.1, -0.05) is 18.7 Å². The zero-order chi connectivity index (χ0) is 17.7. The minimum absolute atomic E-state index is 0.140. The predicted octanol–water partition coefficient (Wildman–Crippen LogP) is 4.39. The van der Waals surface area contributed by atoms with Crippen LogP contribution in [0, 0.1) is 0 Å². The van der Waals surface area contributed by atoms with Crippen molar-refractivity contribution in [3.63, 3.8) is 0 Å². The highest BCUT2D eigenvalue weighted by Crippen LogP contribution is 2.25. The van der Waals surface area contributed by atoms with E-state index in [1.54, 1.807) is 54.8 Å². The van der Waals surface area contributed by atoms with Gasteiger partial charge in [0, 0.05) is 22.2 Å². The minimum atomic E-state index is -0.460. The fourth-order valence-corrected chi connectivity index (χ4v) is 2.40. The number of hydrogen-bond acceptors (Lipinski definition) is 3. The summed E-state index contributed by atoms with van der Waals surface area (Å²) in [5, 5.41) is 0.795. The maximum Gasteiger partial charge on any atom is 0.354 e. The Morgan fingerprint density at radius 2 is 2.17 bits per heavy atom. The molecule has 0 atom stereocenters. The number of esters is 1. The second-order valence-corrected chi connectivity index (χ2v) is 5.30. The van der Waals surface area contributed by atoms with Crippen LogP contribution in [-0.4, -0.2) is 17.1 Å². The van der Waals surface area contributed by atoms with Gasteiger partial charge < -0.3 is 15.0 Å². The van der Waals surface area contributed by atoms with Gasteiger partial charge in [0.1, 0.15) is 11.5 Å². The third kappa shape index (κ3) is 3.74. The highest BCUT2D eigenvalue weighted by Gasteiger charge is 2.18. The topological polar surface area (TPSA) is 57.2 Å². The molecule has 5 heteroatoms. The summed E-state index contributed by atoms with van der Waals surface area (Å²) in [6.45, 7) is 7.72. The minimum Gasteiger partial charge on any atom is -0.461 e. The lowest BCUT2D eigenvalue weighted by atomic mass is 10.2. The number of carbonyl (C=O) groups is 1. The molecule has 0 saturated carbocycles. The number of ether oxygens (including phenoxy) is 1. The normalized spacial score (nSPS) is 12.0. The molecule has 0 aliphatic carbocycles. The first-order valence-electron chi connectivity index (χ1n) is 7.70. The zero-order valence-corrected chi connectivity index (χ0v) is 13.9. The highest BCUT2D eigenvalue weighted by molar-refractivity contribution is 5.96. The summed E-state index contributed by atoms with van der Waals surface area (Å²) < 4.78 is 20.9. The summed E-state index contributed by atoms with van der Waals surface area (Å²) >= 11 is 0. The van der Waals surface area contributed by atoms with Gasteiger partial charge in [-0.15, -0.1) is 0 Å². The Kier molecular flexibility index (Phi) is 5.58. The number of fused-ring (bicyclic) bond motifs is 1. The van der Waals surface area contributed by atoms with Crippen molar-refractivity contribution < 1.29 is 13.9 Å². The van der Waals surface area contributed by atoms with E-state index in [1.807, 2.05) is 0 Å². The van der Waals surface area contributed by atoms with Gasteiger partial charge in [-0.25, -0.2) is 9.18 Å². The number of hydrogen-bond donors (Lipinski definition) is 1. The Morgan fingerprint density at radius 3 is 2.83 bits per heavy atom. The van der Waals surface area contributed by atoms with Crippen LogP contribution in [0.3, 0.4) is 0 Å². The first kappa shape index (κ1) is 17.5. The van der Waals surface area contributed by atoms with E-state index in [9.17, 15) is 9.18 Å². The molecule has 0 fully saturated rings. The van der Waals surface area contributed by atoms with Crippen LogP contribution in [0.2, 0.25) is 0 Å². The van der Waals surface area contributed by atoms with Crippen molar-refractivity contribution >= 4 is 22.6 Å². The molecule has 0 radical (unpaired) electrons. The molecule has 4 nitrogen and oxygen atoms in total. The second kappa shape index (κ2) is 7.64. The lowest BCUT2D eigenvalue weighted by Crippen LogP contribution is -2.13. The van der Waals surface area contributed by atoms with E-state index in [1.165, 1.54) is 6.08 Å². The van der Waals surface area contributed by atoms with Gasteiger partial charge in [0.15, 0.2) is 0 Å². The number of nitrogen functional groups attached to an aromatic ring is 1. The number of benzene rings is 1. The number of nitrogens with zero attached hydrogens (tertiary/aromatic N) is 1. The fraction of sp³-hybridized carbons (Fsp3) is 0.211. The van der Waals surface area contributed by atoms with Gasteiger partial charge >= 0.3 is 5.97 Å². The second-order valence-electron chi connectivity index (χ2n) is 5.30. The third-order valence-electron chi connectivity index (χ3n) is 3.53. The van der Waals surface area contributed by atoms with Crippen LogP contribution in [-0.2, 0) is 11.3 Å². The molecule has 0 aliphatic heterocycles. The van der Waals surface area contributed by atoms with Gasteiger partial charge in [0.05, 0.1) is 13.2 Å². The molecule has 0 aliphatic rings. The smallest absolute Gasteiger partial charge is 0.354 e. The summed E-state index contributed by atoms with van der Waals surface area (Å²) in [5.41, 5.74) is 7.78. The van der Waals surface area contributed by atoms with Crippen molar-refractivity contribution in [2.45, 2.75) is 20.4 Å². The van der Waals surface area contributed by atoms with E-state index in [4.69, 9.17) is 10.5 Å². The van der Waals surface area contributed by atoms with E-state index in [0.717, 1.165) is 10.9 Å². The third-order valence-corrected chi connectivity index (χ3v) is 3.53. The average molecular weight is 328 g/mol. The number of allylic oxidation sites excluding steroid dienone is 5. The van der Waals surface area contributed by atoms with Crippen LogP contribution in [0.25, 0.3) is 10.9 Å². The highest BCUT2D eigenvalue weighted by atomic mass is 19.1. The molecule has 24 heavy (non-hydrogen) atoms. The van der Waals surface area contributed by atoms with E-state index in [-0.39, 0.29) is 18.7 Å². The lowest BCUT2D eigenvalue weighted by molar-refractivity contribution is 0.0515. The Hall–Kier alpha value is -2.82. The first-order valence-corrected chi connectivity index (χ1v) is 7.70. The van der Waals surface area contributed by atoms with Crippen LogP contribution in [0.1, 0.15) is 24.3 Å². The van der Waals surface area contributed by atoms with Crippen LogP contribution in [0.15, 0.2) is 60.5 Å². The molecule has 2 rings (SSSR count). The maximum atomic E-state index is 14.1. The molecule has 2 aromatic rings. The standard InChI is InChI=1S/C19H21FN2O2/c1-4-6-7-16(20)13(3)12-22-17-9-8-15(21)10-14(17)11-18(22)19(23)24-5-2/h4,6-11H,3,5,12,21H2,1-2H3/b6-4-,16-7+. The molecule has 1 heterocycles. The van der Waals surface area contributed by atoms with Crippen molar-refractivity contribution in [3.8, 4) is 0 Å². The SMILES string of the molecule is C=C(Cn1c(C(=O)OCC)cc2cc(N)ccc21)/C(F)=C\C=C/C. The molecule has 126 valence electrons. The maximum absolute atomic E-state index is 14.1. The summed E-state index contributed by atoms with van der Waals surface area (Å²) in [5.74, 6) is -0.891. The lowest BCUT2D eigenvalue weighted by Gasteiger charge is -2.11. The first-order chi connectivity index (χ1) is 11.5. The molecule has 0 saturated heterocycles. The molecule has 0 unspecified atom stereocenters. The van der Waals surface area contributed by atoms with E-state index >= 15 is 0 Å². The fourth-order valence-electron chi connectivity index (χ4n) is 2.40. The Labute approximate surface area is 140 Å². The van der Waals surface area contributed by atoms with Gasteiger partial charge in [-0.05, 0) is 44.2 Å². The zero-order valence-electron chi connectivity index (χ0n) is 13.9. The number of anilines is 1. The van der Waals surface area contributed by atoms with Crippen molar-refractivity contribution in [1.82, 2.24) is 4.57 Å². The number of aromatic nitrogens is 1.